The maximum absolute atomic E-state index is 3.48. The molecule has 0 spiro atoms. The number of nitrogens with one attached hydrogen (secondary N) is 1. The van der Waals surface area contributed by atoms with Crippen molar-refractivity contribution in [2.45, 2.75) is 77.2 Å². The molecule has 0 aromatic heterocycles. The first kappa shape index (κ1) is 15.3. The summed E-state index contributed by atoms with van der Waals surface area (Å²) in [5.74, 6) is 1.04. The predicted octanol–water partition coefficient (Wildman–Crippen LogP) is 3.81. The first-order chi connectivity index (χ1) is 9.40. The third kappa shape index (κ3) is 5.43. The third-order valence-corrected chi connectivity index (χ3v) is 5.19. The van der Waals surface area contributed by atoms with Crippen LogP contribution in [0.4, 0.5) is 0 Å². The summed E-state index contributed by atoms with van der Waals surface area (Å²) in [5.41, 5.74) is 0. The lowest BCUT2D eigenvalue weighted by Gasteiger charge is -2.39. The van der Waals surface area contributed by atoms with Crippen molar-refractivity contribution < 1.29 is 0 Å². The number of hydrogen-bond acceptors (Lipinski definition) is 2. The van der Waals surface area contributed by atoms with Crippen LogP contribution in [0.25, 0.3) is 0 Å². The van der Waals surface area contributed by atoms with Gasteiger partial charge in [0.05, 0.1) is 0 Å². The van der Waals surface area contributed by atoms with Gasteiger partial charge in [0, 0.05) is 6.04 Å². The second kappa shape index (κ2) is 8.97. The molecule has 2 heterocycles. The van der Waals surface area contributed by atoms with E-state index in [-0.39, 0.29) is 0 Å². The lowest BCUT2D eigenvalue weighted by molar-refractivity contribution is 0.107. The van der Waals surface area contributed by atoms with Crippen molar-refractivity contribution in [3.63, 3.8) is 0 Å². The summed E-state index contributed by atoms with van der Waals surface area (Å²) >= 11 is 0. The monoisotopic (exact) mass is 266 g/mol. The van der Waals surface area contributed by atoms with Crippen LogP contribution in [-0.4, -0.2) is 37.1 Å². The highest BCUT2D eigenvalue weighted by atomic mass is 15.2. The van der Waals surface area contributed by atoms with Gasteiger partial charge in [0.1, 0.15) is 0 Å². The molecule has 0 radical (unpaired) electrons. The van der Waals surface area contributed by atoms with Gasteiger partial charge in [0.15, 0.2) is 0 Å². The maximum Gasteiger partial charge on any atom is 0.0119 e. The fourth-order valence-electron chi connectivity index (χ4n) is 3.82. The SMILES string of the molecule is CCCCCCCC1CCN(C2CCNCC2)CC1. The Morgan fingerprint density at radius 3 is 2.26 bits per heavy atom. The summed E-state index contributed by atoms with van der Waals surface area (Å²) in [7, 11) is 0. The average molecular weight is 266 g/mol. The van der Waals surface area contributed by atoms with Crippen molar-refractivity contribution in [1.82, 2.24) is 10.2 Å². The number of piperidine rings is 2. The van der Waals surface area contributed by atoms with Crippen LogP contribution < -0.4 is 5.32 Å². The molecule has 2 saturated heterocycles. The number of likely N-dealkylation sites (tertiary alicyclic amines) is 1. The van der Waals surface area contributed by atoms with E-state index in [2.05, 4.69) is 17.1 Å². The van der Waals surface area contributed by atoms with Crippen molar-refractivity contribution in [3.05, 3.63) is 0 Å². The fraction of sp³-hybridized carbons (Fsp3) is 1.00. The molecule has 2 aliphatic rings. The summed E-state index contributed by atoms with van der Waals surface area (Å²) in [6, 6.07) is 0.895. The number of hydrogen-bond donors (Lipinski definition) is 1. The Bertz CT molecular complexity index is 215. The maximum atomic E-state index is 3.48. The second-order valence-electron chi connectivity index (χ2n) is 6.66. The molecule has 112 valence electrons. The minimum Gasteiger partial charge on any atom is -0.317 e. The van der Waals surface area contributed by atoms with E-state index in [0.717, 1.165) is 12.0 Å². The van der Waals surface area contributed by atoms with Gasteiger partial charge in [-0.3, -0.25) is 0 Å². The molecule has 0 aliphatic carbocycles. The fourth-order valence-corrected chi connectivity index (χ4v) is 3.82. The van der Waals surface area contributed by atoms with E-state index < -0.39 is 0 Å². The molecule has 19 heavy (non-hydrogen) atoms. The molecule has 1 N–H and O–H groups in total. The first-order valence-corrected chi connectivity index (χ1v) is 8.85. The molecule has 2 heteroatoms. The zero-order valence-electron chi connectivity index (χ0n) is 13.0. The summed E-state index contributed by atoms with van der Waals surface area (Å²) in [4.78, 5) is 2.79. The van der Waals surface area contributed by atoms with E-state index in [1.165, 1.54) is 90.4 Å². The Kier molecular flexibility index (Phi) is 7.23. The lowest BCUT2D eigenvalue weighted by Crippen LogP contribution is -2.46. The molecule has 0 aromatic carbocycles. The van der Waals surface area contributed by atoms with Crippen molar-refractivity contribution in [2.24, 2.45) is 5.92 Å². The highest BCUT2D eigenvalue weighted by Crippen LogP contribution is 2.26. The molecule has 2 aliphatic heterocycles. The van der Waals surface area contributed by atoms with Gasteiger partial charge in [-0.05, 0) is 57.8 Å². The zero-order chi connectivity index (χ0) is 13.3. The Hall–Kier alpha value is -0.0800. The van der Waals surface area contributed by atoms with Gasteiger partial charge in [-0.25, -0.2) is 0 Å². The highest BCUT2D eigenvalue weighted by Gasteiger charge is 2.25. The van der Waals surface area contributed by atoms with Crippen LogP contribution in [0.5, 0.6) is 0 Å². The van der Waals surface area contributed by atoms with Gasteiger partial charge < -0.3 is 10.2 Å². The molecule has 0 atom stereocenters. The standard InChI is InChI=1S/C17H34N2/c1-2-3-4-5-6-7-16-10-14-19(15-11-16)17-8-12-18-13-9-17/h16-18H,2-15H2,1H3. The van der Waals surface area contributed by atoms with Crippen LogP contribution >= 0.6 is 0 Å². The first-order valence-electron chi connectivity index (χ1n) is 8.85. The molecule has 0 bridgehead atoms. The summed E-state index contributed by atoms with van der Waals surface area (Å²) in [6.45, 7) is 7.54. The van der Waals surface area contributed by atoms with E-state index in [0.29, 0.717) is 0 Å². The average Bonchev–Trinajstić information content (AvgIpc) is 2.49. The number of unbranched alkanes of at least 4 members (excludes halogenated alkanes) is 4. The quantitative estimate of drug-likeness (QED) is 0.705. The molecule has 0 aromatic rings. The topological polar surface area (TPSA) is 15.3 Å². The Labute approximate surface area is 120 Å². The minimum atomic E-state index is 0.895. The molecule has 0 saturated carbocycles. The Morgan fingerprint density at radius 1 is 0.895 bits per heavy atom. The summed E-state index contributed by atoms with van der Waals surface area (Å²) in [5, 5.41) is 3.48. The smallest absolute Gasteiger partial charge is 0.0119 e. The van der Waals surface area contributed by atoms with E-state index >= 15 is 0 Å². The Balaban J connectivity index is 1.54. The van der Waals surface area contributed by atoms with Crippen LogP contribution in [0.15, 0.2) is 0 Å². The van der Waals surface area contributed by atoms with Crippen LogP contribution in [0.3, 0.4) is 0 Å². The van der Waals surface area contributed by atoms with Gasteiger partial charge in [-0.1, -0.05) is 45.4 Å². The van der Waals surface area contributed by atoms with Crippen molar-refractivity contribution in [1.29, 1.82) is 0 Å². The van der Waals surface area contributed by atoms with Gasteiger partial charge >= 0.3 is 0 Å². The molecule has 0 unspecified atom stereocenters. The Morgan fingerprint density at radius 2 is 1.58 bits per heavy atom. The molecular weight excluding hydrogens is 232 g/mol. The summed E-state index contributed by atoms with van der Waals surface area (Å²) < 4.78 is 0. The van der Waals surface area contributed by atoms with Gasteiger partial charge in [-0.15, -0.1) is 0 Å². The van der Waals surface area contributed by atoms with Gasteiger partial charge in [-0.2, -0.15) is 0 Å². The van der Waals surface area contributed by atoms with E-state index in [1.807, 2.05) is 0 Å². The molecule has 0 amide bonds. The van der Waals surface area contributed by atoms with Crippen LogP contribution in [-0.2, 0) is 0 Å². The molecule has 2 fully saturated rings. The molecule has 2 rings (SSSR count). The normalized spacial score (nSPS) is 23.8. The predicted molar refractivity (Wildman–Crippen MR) is 83.6 cm³/mol. The molecular formula is C17H34N2. The van der Waals surface area contributed by atoms with E-state index in [9.17, 15) is 0 Å². The van der Waals surface area contributed by atoms with Crippen LogP contribution in [0, 0.1) is 5.92 Å². The van der Waals surface area contributed by atoms with Crippen molar-refractivity contribution in [2.75, 3.05) is 26.2 Å². The van der Waals surface area contributed by atoms with Crippen molar-refractivity contribution in [3.8, 4) is 0 Å². The number of nitrogens with zero attached hydrogens (tertiary/aromatic N) is 1. The van der Waals surface area contributed by atoms with Crippen LogP contribution in [0.2, 0.25) is 0 Å². The van der Waals surface area contributed by atoms with E-state index in [4.69, 9.17) is 0 Å². The zero-order valence-corrected chi connectivity index (χ0v) is 13.0. The number of rotatable bonds is 7. The van der Waals surface area contributed by atoms with Crippen molar-refractivity contribution >= 4 is 0 Å². The summed E-state index contributed by atoms with van der Waals surface area (Å²) in [6.07, 6.45) is 14.4. The highest BCUT2D eigenvalue weighted by molar-refractivity contribution is 4.81. The van der Waals surface area contributed by atoms with E-state index in [1.54, 1.807) is 0 Å². The third-order valence-electron chi connectivity index (χ3n) is 5.19. The van der Waals surface area contributed by atoms with Crippen LogP contribution in [0.1, 0.15) is 71.1 Å². The minimum absolute atomic E-state index is 0.895. The lowest BCUT2D eigenvalue weighted by atomic mass is 9.89. The second-order valence-corrected chi connectivity index (χ2v) is 6.66. The largest absolute Gasteiger partial charge is 0.317 e. The van der Waals surface area contributed by atoms with Gasteiger partial charge in [0.2, 0.25) is 0 Å². The molecule has 2 nitrogen and oxygen atoms in total. The van der Waals surface area contributed by atoms with Gasteiger partial charge in [0.25, 0.3) is 0 Å².